The summed E-state index contributed by atoms with van der Waals surface area (Å²) in [6.45, 7) is 6.22. The molecule has 0 unspecified atom stereocenters. The maximum atomic E-state index is 10.5. The van der Waals surface area contributed by atoms with Gasteiger partial charge in [0.05, 0.1) is 19.3 Å². The largest absolute Gasteiger partial charge is 0.389 e. The number of aliphatic hydroxyl groups excluding tert-OH is 1. The van der Waals surface area contributed by atoms with E-state index in [1.807, 2.05) is 0 Å². The van der Waals surface area contributed by atoms with Crippen molar-refractivity contribution in [2.24, 2.45) is 23.2 Å². The third kappa shape index (κ3) is 4.10. The quantitative estimate of drug-likeness (QED) is 0.782. The zero-order valence-electron chi connectivity index (χ0n) is 17.1. The number of hydrogen-bond donors (Lipinski definition) is 1. The molecule has 1 N–H and O–H groups in total. The second kappa shape index (κ2) is 7.97. The first kappa shape index (κ1) is 18.9. The number of aliphatic hydroxyl groups is 1. The van der Waals surface area contributed by atoms with Crippen molar-refractivity contribution < 1.29 is 9.84 Å². The van der Waals surface area contributed by atoms with Crippen LogP contribution in [0, 0.1) is 23.2 Å². The molecule has 1 aromatic carbocycles. The summed E-state index contributed by atoms with van der Waals surface area (Å²) in [5.41, 5.74) is 1.76. The highest BCUT2D eigenvalue weighted by molar-refractivity contribution is 5.46. The van der Waals surface area contributed by atoms with Crippen molar-refractivity contribution in [1.82, 2.24) is 4.90 Å². The van der Waals surface area contributed by atoms with Gasteiger partial charge in [0.1, 0.15) is 0 Å². The van der Waals surface area contributed by atoms with Crippen LogP contribution in [0.5, 0.6) is 0 Å². The molecule has 6 rings (SSSR count). The molecule has 1 saturated heterocycles. The molecule has 154 valence electrons. The maximum absolute atomic E-state index is 10.5. The van der Waals surface area contributed by atoms with Gasteiger partial charge in [-0.2, -0.15) is 0 Å². The van der Waals surface area contributed by atoms with E-state index in [2.05, 4.69) is 40.1 Å². The van der Waals surface area contributed by atoms with Gasteiger partial charge in [0.15, 0.2) is 0 Å². The van der Waals surface area contributed by atoms with Crippen LogP contribution < -0.4 is 4.90 Å². The van der Waals surface area contributed by atoms with Gasteiger partial charge < -0.3 is 14.7 Å². The zero-order chi connectivity index (χ0) is 19.0. The lowest BCUT2D eigenvalue weighted by Crippen LogP contribution is -2.50. The molecule has 4 nitrogen and oxygen atoms in total. The fraction of sp³-hybridized carbons (Fsp3) is 0.750. The van der Waals surface area contributed by atoms with Crippen molar-refractivity contribution >= 4 is 5.69 Å². The van der Waals surface area contributed by atoms with Crippen molar-refractivity contribution in [3.05, 3.63) is 30.3 Å². The Balaban J connectivity index is 1.03. The fourth-order valence-electron chi connectivity index (χ4n) is 7.06. The van der Waals surface area contributed by atoms with Crippen LogP contribution in [0.15, 0.2) is 30.3 Å². The molecule has 1 atom stereocenters. The summed E-state index contributed by atoms with van der Waals surface area (Å²) < 4.78 is 6.13. The molecule has 28 heavy (non-hydrogen) atoms. The monoisotopic (exact) mass is 384 g/mol. The molecule has 5 fully saturated rings. The first-order chi connectivity index (χ1) is 13.7. The minimum absolute atomic E-state index is 0.364. The molecule has 4 saturated carbocycles. The topological polar surface area (TPSA) is 35.9 Å². The van der Waals surface area contributed by atoms with Gasteiger partial charge in [-0.15, -0.1) is 0 Å². The molecule has 0 amide bonds. The van der Waals surface area contributed by atoms with Gasteiger partial charge >= 0.3 is 0 Å². The van der Waals surface area contributed by atoms with Crippen LogP contribution in [0.3, 0.4) is 0 Å². The second-order valence-corrected chi connectivity index (χ2v) is 10.2. The van der Waals surface area contributed by atoms with Gasteiger partial charge in [0.25, 0.3) is 0 Å². The number of piperazine rings is 1. The Hall–Kier alpha value is -1.10. The van der Waals surface area contributed by atoms with Crippen LogP contribution in [0.1, 0.15) is 38.5 Å². The summed E-state index contributed by atoms with van der Waals surface area (Å²) in [6.07, 6.45) is 8.24. The van der Waals surface area contributed by atoms with E-state index in [-0.39, 0.29) is 6.10 Å². The van der Waals surface area contributed by atoms with Gasteiger partial charge in [0.2, 0.25) is 0 Å². The van der Waals surface area contributed by atoms with E-state index < -0.39 is 0 Å². The van der Waals surface area contributed by atoms with Crippen LogP contribution >= 0.6 is 0 Å². The van der Waals surface area contributed by atoms with E-state index in [9.17, 15) is 5.11 Å². The number of nitrogens with zero attached hydrogens (tertiary/aromatic N) is 2. The smallest absolute Gasteiger partial charge is 0.0900 e. The molecule has 4 bridgehead atoms. The van der Waals surface area contributed by atoms with Crippen molar-refractivity contribution in [1.29, 1.82) is 0 Å². The highest BCUT2D eigenvalue weighted by atomic mass is 16.5. The SMILES string of the molecule is O[C@H](COCC12CC3CC(CC(C3)C1)C2)CN1CCN(c2ccccc2)CC1. The lowest BCUT2D eigenvalue weighted by Gasteiger charge is -2.56. The van der Waals surface area contributed by atoms with Crippen molar-refractivity contribution in [3.8, 4) is 0 Å². The maximum Gasteiger partial charge on any atom is 0.0900 e. The van der Waals surface area contributed by atoms with E-state index >= 15 is 0 Å². The third-order valence-electron chi connectivity index (χ3n) is 7.85. The molecule has 5 aliphatic rings. The number of para-hydroxylation sites is 1. The number of anilines is 1. The highest BCUT2D eigenvalue weighted by Crippen LogP contribution is 2.60. The van der Waals surface area contributed by atoms with Crippen molar-refractivity contribution in [2.45, 2.75) is 44.6 Å². The summed E-state index contributed by atoms with van der Waals surface area (Å²) >= 11 is 0. The van der Waals surface area contributed by atoms with Gasteiger partial charge in [-0.05, 0) is 73.8 Å². The molecule has 4 heteroatoms. The van der Waals surface area contributed by atoms with Crippen molar-refractivity contribution in [2.75, 3.05) is 50.8 Å². The fourth-order valence-corrected chi connectivity index (χ4v) is 7.06. The predicted molar refractivity (Wildman–Crippen MR) is 113 cm³/mol. The summed E-state index contributed by atoms with van der Waals surface area (Å²) in [5, 5.41) is 10.5. The average molecular weight is 385 g/mol. The van der Waals surface area contributed by atoms with E-state index in [4.69, 9.17) is 4.74 Å². The van der Waals surface area contributed by atoms with Crippen LogP contribution in [-0.2, 0) is 4.74 Å². The third-order valence-corrected chi connectivity index (χ3v) is 7.85. The van der Waals surface area contributed by atoms with Crippen LogP contribution in [0.2, 0.25) is 0 Å². The normalized spacial score (nSPS) is 36.0. The Morgan fingerprint density at radius 1 is 0.929 bits per heavy atom. The van der Waals surface area contributed by atoms with Gasteiger partial charge in [-0.3, -0.25) is 4.90 Å². The number of ether oxygens (including phenoxy) is 1. The van der Waals surface area contributed by atoms with Crippen molar-refractivity contribution in [3.63, 3.8) is 0 Å². The molecular formula is C24H36N2O2. The molecular weight excluding hydrogens is 348 g/mol. The Bertz CT molecular complexity index is 606. The summed E-state index contributed by atoms with van der Waals surface area (Å²) in [4.78, 5) is 4.82. The van der Waals surface area contributed by atoms with Crippen LogP contribution in [0.25, 0.3) is 0 Å². The van der Waals surface area contributed by atoms with Crippen LogP contribution in [0.4, 0.5) is 5.69 Å². The van der Waals surface area contributed by atoms with E-state index in [0.29, 0.717) is 12.0 Å². The summed E-state index contributed by atoms with van der Waals surface area (Å²) in [5.74, 6) is 2.92. The average Bonchev–Trinajstić information content (AvgIpc) is 2.68. The highest BCUT2D eigenvalue weighted by Gasteiger charge is 2.50. The lowest BCUT2D eigenvalue weighted by molar-refractivity contribution is -0.107. The standard InChI is InChI=1S/C24H36N2O2/c27-23(16-25-6-8-26(9-7-25)22-4-2-1-3-5-22)17-28-18-24-13-19-10-20(14-24)12-21(11-19)15-24/h1-5,19-21,23,27H,6-18H2/t19?,20?,21?,23-,24?/m0/s1. The zero-order valence-corrected chi connectivity index (χ0v) is 17.1. The van der Waals surface area contributed by atoms with Gasteiger partial charge in [-0.25, -0.2) is 0 Å². The molecule has 1 heterocycles. The van der Waals surface area contributed by atoms with Gasteiger partial charge in [0, 0.05) is 38.4 Å². The lowest BCUT2D eigenvalue weighted by atomic mass is 9.50. The number of rotatable bonds is 7. The van der Waals surface area contributed by atoms with E-state index in [1.54, 1.807) is 0 Å². The number of benzene rings is 1. The molecule has 0 aromatic heterocycles. The Kier molecular flexibility index (Phi) is 5.38. The van der Waals surface area contributed by atoms with Gasteiger partial charge in [-0.1, -0.05) is 18.2 Å². The Morgan fingerprint density at radius 3 is 2.14 bits per heavy atom. The molecule has 0 spiro atoms. The first-order valence-corrected chi connectivity index (χ1v) is 11.5. The van der Waals surface area contributed by atoms with E-state index in [0.717, 1.165) is 57.1 Å². The Morgan fingerprint density at radius 2 is 1.54 bits per heavy atom. The Labute approximate surface area is 169 Å². The van der Waals surface area contributed by atoms with Crippen LogP contribution in [-0.4, -0.2) is 62.0 Å². The number of β-amino-alcohol motifs (C(OH)–C–C–N with tert-alkyl or cyclic N) is 1. The molecule has 1 aromatic rings. The molecule has 0 radical (unpaired) electrons. The second-order valence-electron chi connectivity index (χ2n) is 10.2. The summed E-state index contributed by atoms with van der Waals surface area (Å²) in [7, 11) is 0. The van der Waals surface area contributed by atoms with E-state index in [1.165, 1.54) is 44.2 Å². The minimum atomic E-state index is -0.364. The predicted octanol–water partition coefficient (Wildman–Crippen LogP) is 3.40. The minimum Gasteiger partial charge on any atom is -0.389 e. The number of hydrogen-bond acceptors (Lipinski definition) is 4. The first-order valence-electron chi connectivity index (χ1n) is 11.5. The molecule has 4 aliphatic carbocycles. The summed E-state index contributed by atoms with van der Waals surface area (Å²) in [6, 6.07) is 10.6. The molecule has 1 aliphatic heterocycles.